The molecule has 174 valence electrons. The van der Waals surface area contributed by atoms with Crippen LogP contribution in [-0.4, -0.2) is 38.2 Å². The van der Waals surface area contributed by atoms with Gasteiger partial charge in [-0.1, -0.05) is 29.8 Å². The topological polar surface area (TPSA) is 84.0 Å². The van der Waals surface area contributed by atoms with Gasteiger partial charge in [-0.15, -0.1) is 0 Å². The summed E-state index contributed by atoms with van der Waals surface area (Å²) in [6, 6.07) is 12.4. The third kappa shape index (κ3) is 8.79. The fourth-order valence-electron chi connectivity index (χ4n) is 2.88. The number of rotatable bonds is 11. The van der Waals surface area contributed by atoms with E-state index in [0.717, 1.165) is 11.1 Å². The van der Waals surface area contributed by atoms with Crippen LogP contribution in [0.5, 0.6) is 11.5 Å². The number of aliphatic imine (C=N–C) groups is 1. The van der Waals surface area contributed by atoms with E-state index in [-0.39, 0.29) is 24.8 Å². The Bertz CT molecular complexity index is 907. The fraction of sp³-hybridized carbons (Fsp3) is 0.391. The summed E-state index contributed by atoms with van der Waals surface area (Å²) >= 11 is 0. The second-order valence-electron chi connectivity index (χ2n) is 6.93. The second-order valence-corrected chi connectivity index (χ2v) is 6.93. The molecule has 0 fully saturated rings. The predicted octanol–water partition coefficient (Wildman–Crippen LogP) is 3.37. The first-order valence-electron chi connectivity index (χ1n) is 10.5. The summed E-state index contributed by atoms with van der Waals surface area (Å²) in [5.74, 6) is 1.06. The second kappa shape index (κ2) is 13.1. The molecule has 0 aliphatic carbocycles. The van der Waals surface area contributed by atoms with Crippen molar-refractivity contribution in [2.75, 3.05) is 19.7 Å². The van der Waals surface area contributed by atoms with Crippen molar-refractivity contribution in [2.24, 2.45) is 4.99 Å². The number of benzene rings is 2. The number of carbonyl (C=O) groups is 1. The van der Waals surface area contributed by atoms with Crippen LogP contribution in [0.1, 0.15) is 30.5 Å². The van der Waals surface area contributed by atoms with Crippen molar-refractivity contribution in [3.05, 3.63) is 59.2 Å². The van der Waals surface area contributed by atoms with Gasteiger partial charge >= 0.3 is 6.61 Å². The number of guanidine groups is 1. The molecule has 7 nitrogen and oxygen atoms in total. The average molecular weight is 449 g/mol. The number of hydrogen-bond donors (Lipinski definition) is 3. The first kappa shape index (κ1) is 24.9. The van der Waals surface area contributed by atoms with E-state index in [1.165, 1.54) is 6.07 Å². The molecule has 0 aliphatic rings. The monoisotopic (exact) mass is 448 g/mol. The van der Waals surface area contributed by atoms with Crippen LogP contribution >= 0.6 is 0 Å². The summed E-state index contributed by atoms with van der Waals surface area (Å²) < 4.78 is 35.5. The number of ether oxygens (including phenoxy) is 2. The summed E-state index contributed by atoms with van der Waals surface area (Å²) in [6.45, 7) is 4.54. The lowest BCUT2D eigenvalue weighted by Gasteiger charge is -2.15. The van der Waals surface area contributed by atoms with Gasteiger partial charge in [0, 0.05) is 25.2 Å². The van der Waals surface area contributed by atoms with Crippen LogP contribution in [0.2, 0.25) is 0 Å². The molecule has 1 amide bonds. The van der Waals surface area contributed by atoms with E-state index in [1.54, 1.807) is 18.2 Å². The first-order chi connectivity index (χ1) is 15.4. The third-order valence-corrected chi connectivity index (χ3v) is 4.28. The minimum Gasteiger partial charge on any atom is -0.484 e. The zero-order chi connectivity index (χ0) is 23.3. The zero-order valence-corrected chi connectivity index (χ0v) is 18.6. The summed E-state index contributed by atoms with van der Waals surface area (Å²) in [4.78, 5) is 16.1. The average Bonchev–Trinajstić information content (AvgIpc) is 2.76. The number of likely N-dealkylation sites (N-methyl/N-ethyl adjacent to an activating group) is 1. The minimum atomic E-state index is -2.89. The molecule has 9 heteroatoms. The molecule has 0 saturated carbocycles. The molecule has 3 N–H and O–H groups in total. The van der Waals surface area contributed by atoms with Crippen LogP contribution in [0.15, 0.2) is 47.5 Å². The van der Waals surface area contributed by atoms with Gasteiger partial charge in [0.05, 0.1) is 6.54 Å². The van der Waals surface area contributed by atoms with E-state index in [4.69, 9.17) is 4.74 Å². The first-order valence-corrected chi connectivity index (χ1v) is 10.5. The quantitative estimate of drug-likeness (QED) is 0.363. The molecule has 0 bridgehead atoms. The molecule has 0 atom stereocenters. The Hall–Kier alpha value is -3.36. The Morgan fingerprint density at radius 1 is 1.06 bits per heavy atom. The summed E-state index contributed by atoms with van der Waals surface area (Å²) in [5, 5.41) is 8.96. The number of halogens is 2. The number of aryl methyl sites for hydroxylation is 1. The normalized spacial score (nSPS) is 11.2. The molecule has 2 aromatic rings. The maximum atomic E-state index is 12.7. The Labute approximate surface area is 187 Å². The van der Waals surface area contributed by atoms with Crippen molar-refractivity contribution >= 4 is 11.9 Å². The van der Waals surface area contributed by atoms with Crippen LogP contribution in [0.4, 0.5) is 8.78 Å². The molecule has 0 unspecified atom stereocenters. The van der Waals surface area contributed by atoms with E-state index in [0.29, 0.717) is 36.9 Å². The standard InChI is InChI=1S/C23H30F2N4O3/c1-4-26-21(30)15-31-19-8-6-7-17(12-19)13-28-23(27-5-2)29-14-18-11-16(3)9-10-20(18)32-22(24)25/h6-12,22H,4-5,13-15H2,1-3H3,(H,26,30)(H2,27,28,29). The van der Waals surface area contributed by atoms with Gasteiger partial charge in [0.2, 0.25) is 0 Å². The van der Waals surface area contributed by atoms with Crippen molar-refractivity contribution in [2.45, 2.75) is 40.5 Å². The van der Waals surface area contributed by atoms with Crippen molar-refractivity contribution < 1.29 is 23.0 Å². The lowest BCUT2D eigenvalue weighted by Crippen LogP contribution is -2.36. The molecule has 2 aromatic carbocycles. The largest absolute Gasteiger partial charge is 0.484 e. The molecule has 0 saturated heterocycles. The highest BCUT2D eigenvalue weighted by molar-refractivity contribution is 5.79. The number of carbonyl (C=O) groups excluding carboxylic acids is 1. The van der Waals surface area contributed by atoms with Crippen LogP contribution in [0.3, 0.4) is 0 Å². The lowest BCUT2D eigenvalue weighted by molar-refractivity contribution is -0.122. The SMILES string of the molecule is CCNC(=O)COc1cccc(CN=C(NCC)NCc2cc(C)ccc2OC(F)F)c1. The number of nitrogens with one attached hydrogen (secondary N) is 3. The molecule has 2 rings (SSSR count). The molecule has 0 aromatic heterocycles. The molecule has 0 heterocycles. The predicted molar refractivity (Wildman–Crippen MR) is 120 cm³/mol. The molecule has 0 spiro atoms. The third-order valence-electron chi connectivity index (χ3n) is 4.28. The summed E-state index contributed by atoms with van der Waals surface area (Å²) in [6.07, 6.45) is 0. The number of alkyl halides is 2. The summed E-state index contributed by atoms with van der Waals surface area (Å²) in [5.41, 5.74) is 2.44. The lowest BCUT2D eigenvalue weighted by atomic mass is 10.1. The van der Waals surface area contributed by atoms with Crippen molar-refractivity contribution in [1.82, 2.24) is 16.0 Å². The highest BCUT2D eigenvalue weighted by atomic mass is 19.3. The summed E-state index contributed by atoms with van der Waals surface area (Å²) in [7, 11) is 0. The van der Waals surface area contributed by atoms with Crippen molar-refractivity contribution in [3.8, 4) is 11.5 Å². The van der Waals surface area contributed by atoms with Crippen LogP contribution < -0.4 is 25.4 Å². The highest BCUT2D eigenvalue weighted by Gasteiger charge is 2.10. The highest BCUT2D eigenvalue weighted by Crippen LogP contribution is 2.22. The van der Waals surface area contributed by atoms with Crippen molar-refractivity contribution in [3.63, 3.8) is 0 Å². The Morgan fingerprint density at radius 3 is 2.56 bits per heavy atom. The Morgan fingerprint density at radius 2 is 1.84 bits per heavy atom. The van der Waals surface area contributed by atoms with Gasteiger partial charge in [0.1, 0.15) is 11.5 Å². The van der Waals surface area contributed by atoms with Gasteiger partial charge in [-0.25, -0.2) is 4.99 Å². The number of hydrogen-bond acceptors (Lipinski definition) is 4. The Balaban J connectivity index is 2.02. The van der Waals surface area contributed by atoms with Gasteiger partial charge in [-0.05, 0) is 44.5 Å². The van der Waals surface area contributed by atoms with Gasteiger partial charge in [-0.3, -0.25) is 4.79 Å². The minimum absolute atomic E-state index is 0.0513. The van der Waals surface area contributed by atoms with E-state index in [9.17, 15) is 13.6 Å². The van der Waals surface area contributed by atoms with Gasteiger partial charge in [0.25, 0.3) is 5.91 Å². The number of nitrogens with zero attached hydrogens (tertiary/aromatic N) is 1. The van der Waals surface area contributed by atoms with Gasteiger partial charge in [-0.2, -0.15) is 8.78 Å². The maximum absolute atomic E-state index is 12.7. The van der Waals surface area contributed by atoms with Crippen LogP contribution in [0.25, 0.3) is 0 Å². The van der Waals surface area contributed by atoms with E-state index in [2.05, 4.69) is 25.7 Å². The van der Waals surface area contributed by atoms with E-state index >= 15 is 0 Å². The van der Waals surface area contributed by atoms with Crippen LogP contribution in [-0.2, 0) is 17.9 Å². The molecule has 0 radical (unpaired) electrons. The smallest absolute Gasteiger partial charge is 0.387 e. The van der Waals surface area contributed by atoms with E-state index in [1.807, 2.05) is 39.0 Å². The molecule has 32 heavy (non-hydrogen) atoms. The molecular weight excluding hydrogens is 418 g/mol. The maximum Gasteiger partial charge on any atom is 0.387 e. The Kier molecular flexibility index (Phi) is 10.2. The van der Waals surface area contributed by atoms with Gasteiger partial charge < -0.3 is 25.4 Å². The van der Waals surface area contributed by atoms with E-state index < -0.39 is 6.61 Å². The fourth-order valence-corrected chi connectivity index (χ4v) is 2.88. The van der Waals surface area contributed by atoms with Gasteiger partial charge in [0.15, 0.2) is 12.6 Å². The van der Waals surface area contributed by atoms with Crippen LogP contribution in [0, 0.1) is 6.92 Å². The molecule has 0 aliphatic heterocycles. The van der Waals surface area contributed by atoms with Crippen molar-refractivity contribution in [1.29, 1.82) is 0 Å². The molecular formula is C23H30F2N4O3. The zero-order valence-electron chi connectivity index (χ0n) is 18.6. The number of amides is 1.